The third-order valence-corrected chi connectivity index (χ3v) is 5.02. The lowest BCUT2D eigenvalue weighted by atomic mass is 9.95. The zero-order valence-electron chi connectivity index (χ0n) is 10.4. The van der Waals surface area contributed by atoms with Crippen LogP contribution < -0.4 is 10.6 Å². The number of aromatic nitrogens is 1. The molecule has 2 aliphatic rings. The van der Waals surface area contributed by atoms with Crippen molar-refractivity contribution < 1.29 is 4.79 Å². The molecule has 2 fully saturated rings. The minimum Gasteiger partial charge on any atom is -0.348 e. The standard InChI is InChI=1S/C14H15N3OS/c18-14(17-11-6-9-2-3-10(11)16-9)8-1-4-13-12(5-8)15-7-19-13/h1,4-5,7,9-11,16H,2-3,6H2,(H,17,18)/t9-,10+,11-/m1/s1. The van der Waals surface area contributed by atoms with Crippen molar-refractivity contribution in [3.05, 3.63) is 29.3 Å². The van der Waals surface area contributed by atoms with Crippen LogP contribution in [-0.4, -0.2) is 29.0 Å². The first-order chi connectivity index (χ1) is 9.29. The molecule has 1 amide bonds. The smallest absolute Gasteiger partial charge is 0.251 e. The number of amides is 1. The van der Waals surface area contributed by atoms with E-state index in [4.69, 9.17) is 0 Å². The summed E-state index contributed by atoms with van der Waals surface area (Å²) in [5, 5.41) is 6.69. The first-order valence-electron chi connectivity index (χ1n) is 6.70. The first-order valence-corrected chi connectivity index (χ1v) is 7.58. The molecule has 1 aromatic carbocycles. The van der Waals surface area contributed by atoms with Crippen LogP contribution in [0.1, 0.15) is 29.6 Å². The molecule has 4 rings (SSSR count). The zero-order chi connectivity index (χ0) is 12.8. The molecule has 2 N–H and O–H groups in total. The molecule has 0 unspecified atom stereocenters. The second-order valence-corrected chi connectivity index (χ2v) is 6.28. The van der Waals surface area contributed by atoms with E-state index in [0.717, 1.165) is 16.6 Å². The lowest BCUT2D eigenvalue weighted by Gasteiger charge is -2.21. The molecule has 2 aromatic rings. The van der Waals surface area contributed by atoms with Gasteiger partial charge < -0.3 is 10.6 Å². The summed E-state index contributed by atoms with van der Waals surface area (Å²) in [6, 6.07) is 7.10. The van der Waals surface area contributed by atoms with Crippen LogP contribution in [0.15, 0.2) is 23.7 Å². The Balaban J connectivity index is 1.53. The molecular weight excluding hydrogens is 258 g/mol. The van der Waals surface area contributed by atoms with Gasteiger partial charge in [-0.15, -0.1) is 11.3 Å². The quantitative estimate of drug-likeness (QED) is 0.879. The second kappa shape index (κ2) is 4.28. The van der Waals surface area contributed by atoms with Crippen LogP contribution in [0.2, 0.25) is 0 Å². The van der Waals surface area contributed by atoms with Gasteiger partial charge in [-0.05, 0) is 37.5 Å². The highest BCUT2D eigenvalue weighted by Crippen LogP contribution is 2.28. The summed E-state index contributed by atoms with van der Waals surface area (Å²) in [6.07, 6.45) is 3.50. The zero-order valence-corrected chi connectivity index (χ0v) is 11.2. The van der Waals surface area contributed by atoms with Gasteiger partial charge in [0.15, 0.2) is 0 Å². The van der Waals surface area contributed by atoms with Gasteiger partial charge in [0.2, 0.25) is 0 Å². The molecule has 1 aromatic heterocycles. The normalized spacial score (nSPS) is 28.9. The molecule has 0 saturated carbocycles. The van der Waals surface area contributed by atoms with Gasteiger partial charge in [0.05, 0.1) is 15.7 Å². The Morgan fingerprint density at radius 3 is 3.16 bits per heavy atom. The number of hydrogen-bond donors (Lipinski definition) is 2. The average molecular weight is 273 g/mol. The molecule has 2 saturated heterocycles. The number of benzene rings is 1. The Morgan fingerprint density at radius 2 is 2.37 bits per heavy atom. The van der Waals surface area contributed by atoms with E-state index in [1.165, 1.54) is 12.8 Å². The monoisotopic (exact) mass is 273 g/mol. The number of nitrogens with one attached hydrogen (secondary N) is 2. The van der Waals surface area contributed by atoms with Crippen molar-refractivity contribution in [3.63, 3.8) is 0 Å². The maximum atomic E-state index is 12.3. The number of fused-ring (bicyclic) bond motifs is 3. The molecular formula is C14H15N3OS. The summed E-state index contributed by atoms with van der Waals surface area (Å²) >= 11 is 1.60. The van der Waals surface area contributed by atoms with Crippen molar-refractivity contribution in [2.24, 2.45) is 0 Å². The lowest BCUT2D eigenvalue weighted by Crippen LogP contribution is -2.42. The van der Waals surface area contributed by atoms with Gasteiger partial charge in [0.1, 0.15) is 0 Å². The summed E-state index contributed by atoms with van der Waals surface area (Å²) in [7, 11) is 0. The van der Waals surface area contributed by atoms with Crippen LogP contribution in [0.5, 0.6) is 0 Å². The molecule has 0 aliphatic carbocycles. The van der Waals surface area contributed by atoms with E-state index in [0.29, 0.717) is 17.6 Å². The number of thiazole rings is 1. The summed E-state index contributed by atoms with van der Waals surface area (Å²) in [5.41, 5.74) is 3.43. The molecule has 5 heteroatoms. The van der Waals surface area contributed by atoms with Crippen molar-refractivity contribution in [2.75, 3.05) is 0 Å². The van der Waals surface area contributed by atoms with Crippen LogP contribution in [0.3, 0.4) is 0 Å². The van der Waals surface area contributed by atoms with Crippen molar-refractivity contribution in [1.29, 1.82) is 0 Å². The van der Waals surface area contributed by atoms with Crippen molar-refractivity contribution in [2.45, 2.75) is 37.4 Å². The fourth-order valence-electron chi connectivity index (χ4n) is 3.23. The SMILES string of the molecule is O=C(N[C@@H]1C[C@H]2CC[C@@H]1N2)c1ccc2scnc2c1. The molecule has 3 heterocycles. The number of carbonyl (C=O) groups is 1. The number of nitrogens with zero attached hydrogens (tertiary/aromatic N) is 1. The fraction of sp³-hybridized carbons (Fsp3) is 0.429. The lowest BCUT2D eigenvalue weighted by molar-refractivity contribution is 0.0931. The van der Waals surface area contributed by atoms with Gasteiger partial charge in [-0.3, -0.25) is 4.79 Å². The minimum atomic E-state index is 0.0225. The fourth-order valence-corrected chi connectivity index (χ4v) is 3.89. The van der Waals surface area contributed by atoms with Crippen molar-refractivity contribution in [3.8, 4) is 0 Å². The van der Waals surface area contributed by atoms with Gasteiger partial charge in [0.25, 0.3) is 5.91 Å². The van der Waals surface area contributed by atoms with Crippen molar-refractivity contribution in [1.82, 2.24) is 15.6 Å². The molecule has 4 nitrogen and oxygen atoms in total. The third kappa shape index (κ3) is 1.93. The summed E-state index contributed by atoms with van der Waals surface area (Å²) in [4.78, 5) is 16.5. The Hall–Kier alpha value is -1.46. The molecule has 19 heavy (non-hydrogen) atoms. The maximum absolute atomic E-state index is 12.3. The van der Waals surface area contributed by atoms with Gasteiger partial charge in [-0.2, -0.15) is 0 Å². The Bertz CT molecular complexity index is 638. The number of carbonyl (C=O) groups excluding carboxylic acids is 1. The van der Waals surface area contributed by atoms with Gasteiger partial charge >= 0.3 is 0 Å². The number of hydrogen-bond acceptors (Lipinski definition) is 4. The minimum absolute atomic E-state index is 0.0225. The van der Waals surface area contributed by atoms with Crippen LogP contribution in [0, 0.1) is 0 Å². The van der Waals surface area contributed by atoms with E-state index in [1.54, 1.807) is 11.3 Å². The molecule has 2 aliphatic heterocycles. The highest BCUT2D eigenvalue weighted by Gasteiger charge is 2.39. The highest BCUT2D eigenvalue weighted by molar-refractivity contribution is 7.16. The van der Waals surface area contributed by atoms with E-state index in [1.807, 2.05) is 23.7 Å². The van der Waals surface area contributed by atoms with Gasteiger partial charge in [-0.1, -0.05) is 0 Å². The van der Waals surface area contributed by atoms with Crippen LogP contribution in [0.25, 0.3) is 10.2 Å². The predicted molar refractivity (Wildman–Crippen MR) is 75.4 cm³/mol. The van der Waals surface area contributed by atoms with Gasteiger partial charge in [-0.25, -0.2) is 4.98 Å². The summed E-state index contributed by atoms with van der Waals surface area (Å²) < 4.78 is 1.12. The molecule has 98 valence electrons. The van der Waals surface area contributed by atoms with Gasteiger partial charge in [0, 0.05) is 23.7 Å². The van der Waals surface area contributed by atoms with Crippen LogP contribution >= 0.6 is 11.3 Å². The maximum Gasteiger partial charge on any atom is 0.251 e. The van der Waals surface area contributed by atoms with E-state index in [2.05, 4.69) is 15.6 Å². The highest BCUT2D eigenvalue weighted by atomic mass is 32.1. The van der Waals surface area contributed by atoms with E-state index < -0.39 is 0 Å². The first kappa shape index (κ1) is 11.4. The third-order valence-electron chi connectivity index (χ3n) is 4.21. The number of rotatable bonds is 2. The Labute approximate surface area is 115 Å². The van der Waals surface area contributed by atoms with E-state index in [-0.39, 0.29) is 11.9 Å². The molecule has 3 atom stereocenters. The average Bonchev–Trinajstić information content (AvgIpc) is 3.13. The second-order valence-electron chi connectivity index (χ2n) is 5.40. The summed E-state index contributed by atoms with van der Waals surface area (Å²) in [6.45, 7) is 0. The Morgan fingerprint density at radius 1 is 1.42 bits per heavy atom. The van der Waals surface area contributed by atoms with Crippen molar-refractivity contribution >= 4 is 27.5 Å². The summed E-state index contributed by atoms with van der Waals surface area (Å²) in [5.74, 6) is 0.0225. The predicted octanol–water partition coefficient (Wildman–Crippen LogP) is 1.92. The van der Waals surface area contributed by atoms with E-state index >= 15 is 0 Å². The molecule has 2 bridgehead atoms. The topological polar surface area (TPSA) is 54.0 Å². The molecule has 0 spiro atoms. The van der Waals surface area contributed by atoms with E-state index in [9.17, 15) is 4.79 Å². The Kier molecular flexibility index (Phi) is 2.56. The van der Waals surface area contributed by atoms with Crippen LogP contribution in [-0.2, 0) is 0 Å². The largest absolute Gasteiger partial charge is 0.348 e. The molecule has 0 radical (unpaired) electrons. The van der Waals surface area contributed by atoms with Crippen LogP contribution in [0.4, 0.5) is 0 Å².